The van der Waals surface area contributed by atoms with Gasteiger partial charge in [0.2, 0.25) is 0 Å². The molecule has 84 valence electrons. The van der Waals surface area contributed by atoms with Gasteiger partial charge in [0.25, 0.3) is 0 Å². The Morgan fingerprint density at radius 1 is 1.31 bits per heavy atom. The Balaban J connectivity index is 2.78. The predicted molar refractivity (Wildman–Crippen MR) is 60.9 cm³/mol. The van der Waals surface area contributed by atoms with Gasteiger partial charge in [-0.25, -0.2) is 0 Å². The van der Waals surface area contributed by atoms with Crippen LogP contribution in [0.15, 0.2) is 24.3 Å². The lowest BCUT2D eigenvalue weighted by atomic mass is 10.1. The Morgan fingerprint density at radius 2 is 1.88 bits per heavy atom. The molecule has 0 saturated carbocycles. The van der Waals surface area contributed by atoms with Crippen molar-refractivity contribution < 1.29 is 14.6 Å². The van der Waals surface area contributed by atoms with Gasteiger partial charge in [-0.1, -0.05) is 11.8 Å². The molecule has 0 aliphatic carbocycles. The van der Waals surface area contributed by atoms with Crippen LogP contribution in [0.5, 0.6) is 5.75 Å². The summed E-state index contributed by atoms with van der Waals surface area (Å²) in [6, 6.07) is 6.79. The quantitative estimate of drug-likeness (QED) is 0.443. The van der Waals surface area contributed by atoms with E-state index in [1.165, 1.54) is 6.92 Å². The summed E-state index contributed by atoms with van der Waals surface area (Å²) < 4.78 is 4.88. The number of carbonyl (C=O) groups is 1. The molecule has 0 spiro atoms. The number of aliphatic hydroxyl groups is 1. The normalized spacial score (nSPS) is 10.2. The van der Waals surface area contributed by atoms with Crippen molar-refractivity contribution in [1.82, 2.24) is 0 Å². The number of hydrogen-bond donors (Lipinski definition) is 1. The van der Waals surface area contributed by atoms with Gasteiger partial charge in [0.15, 0.2) is 0 Å². The largest absolute Gasteiger partial charge is 0.427 e. The second-order valence-electron chi connectivity index (χ2n) is 3.93. The third kappa shape index (κ3) is 4.63. The summed E-state index contributed by atoms with van der Waals surface area (Å²) in [5, 5.41) is 9.41. The molecule has 0 atom stereocenters. The molecule has 0 bridgehead atoms. The molecule has 0 amide bonds. The second-order valence-corrected chi connectivity index (χ2v) is 3.93. The minimum absolute atomic E-state index is 0.352. The maximum Gasteiger partial charge on any atom is 0.308 e. The van der Waals surface area contributed by atoms with Crippen molar-refractivity contribution in [1.29, 1.82) is 0 Å². The molecule has 0 aromatic heterocycles. The second kappa shape index (κ2) is 4.82. The Labute approximate surface area is 95.1 Å². The molecule has 0 fully saturated rings. The van der Waals surface area contributed by atoms with Crippen molar-refractivity contribution in [3.05, 3.63) is 29.8 Å². The van der Waals surface area contributed by atoms with Gasteiger partial charge in [0.1, 0.15) is 11.4 Å². The smallest absolute Gasteiger partial charge is 0.308 e. The molecule has 0 radical (unpaired) electrons. The molecule has 1 N–H and O–H groups in total. The first-order valence-corrected chi connectivity index (χ1v) is 4.91. The zero-order valence-corrected chi connectivity index (χ0v) is 9.57. The Bertz CT molecular complexity index is 427. The number of esters is 1. The third-order valence-electron chi connectivity index (χ3n) is 1.63. The van der Waals surface area contributed by atoms with Crippen molar-refractivity contribution in [2.24, 2.45) is 0 Å². The molecule has 3 nitrogen and oxygen atoms in total. The number of rotatable bonds is 1. The van der Waals surface area contributed by atoms with Gasteiger partial charge in [-0.05, 0) is 38.1 Å². The van der Waals surface area contributed by atoms with Gasteiger partial charge in [-0.2, -0.15) is 0 Å². The van der Waals surface area contributed by atoms with E-state index in [-0.39, 0.29) is 5.97 Å². The van der Waals surface area contributed by atoms with Crippen LogP contribution in [0, 0.1) is 11.8 Å². The van der Waals surface area contributed by atoms with Crippen LogP contribution in [0.25, 0.3) is 0 Å². The number of hydrogen-bond acceptors (Lipinski definition) is 3. The summed E-state index contributed by atoms with van der Waals surface area (Å²) in [5.41, 5.74) is -0.243. The fourth-order valence-electron chi connectivity index (χ4n) is 0.997. The summed E-state index contributed by atoms with van der Waals surface area (Å²) in [6.45, 7) is 4.59. The highest BCUT2D eigenvalue weighted by atomic mass is 16.5. The molecule has 1 aromatic rings. The first-order valence-electron chi connectivity index (χ1n) is 4.91. The van der Waals surface area contributed by atoms with Gasteiger partial charge in [0, 0.05) is 12.5 Å². The number of benzene rings is 1. The van der Waals surface area contributed by atoms with Crippen molar-refractivity contribution in [3.8, 4) is 17.6 Å². The molecule has 1 aromatic carbocycles. The molecule has 1 rings (SSSR count). The van der Waals surface area contributed by atoms with Crippen molar-refractivity contribution >= 4 is 5.97 Å². The van der Waals surface area contributed by atoms with E-state index in [0.29, 0.717) is 5.75 Å². The molecule has 0 aliphatic rings. The minimum Gasteiger partial charge on any atom is -0.427 e. The zero-order chi connectivity index (χ0) is 12.2. The monoisotopic (exact) mass is 218 g/mol. The van der Waals surface area contributed by atoms with Crippen molar-refractivity contribution in [2.75, 3.05) is 0 Å². The molecule has 0 heterocycles. The topological polar surface area (TPSA) is 46.5 Å². The van der Waals surface area contributed by atoms with Gasteiger partial charge >= 0.3 is 5.97 Å². The predicted octanol–water partition coefficient (Wildman–Crippen LogP) is 1.73. The summed E-state index contributed by atoms with van der Waals surface area (Å²) >= 11 is 0. The molecule has 3 heteroatoms. The molecule has 0 saturated heterocycles. The third-order valence-corrected chi connectivity index (χ3v) is 1.63. The number of ether oxygens (including phenoxy) is 1. The van der Waals surface area contributed by atoms with Crippen LogP contribution in [0.4, 0.5) is 0 Å². The number of carbonyl (C=O) groups excluding carboxylic acids is 1. The Morgan fingerprint density at radius 3 is 2.31 bits per heavy atom. The fraction of sp³-hybridized carbons (Fsp3) is 0.308. The van der Waals surface area contributed by atoms with E-state index in [4.69, 9.17) is 4.74 Å². The van der Waals surface area contributed by atoms with Crippen LogP contribution in [0.1, 0.15) is 26.3 Å². The van der Waals surface area contributed by atoms with Crippen LogP contribution in [-0.2, 0) is 4.79 Å². The first-order chi connectivity index (χ1) is 7.37. The van der Waals surface area contributed by atoms with Crippen molar-refractivity contribution in [3.63, 3.8) is 0 Å². The van der Waals surface area contributed by atoms with E-state index in [9.17, 15) is 9.90 Å². The summed E-state index contributed by atoms with van der Waals surface area (Å²) in [7, 11) is 0. The maximum absolute atomic E-state index is 10.7. The highest BCUT2D eigenvalue weighted by Crippen LogP contribution is 2.11. The molecular weight excluding hydrogens is 204 g/mol. The van der Waals surface area contributed by atoms with E-state index in [1.54, 1.807) is 38.1 Å². The molecular formula is C13H14O3. The molecule has 0 aliphatic heterocycles. The van der Waals surface area contributed by atoms with Gasteiger partial charge in [-0.15, -0.1) is 0 Å². The molecule has 16 heavy (non-hydrogen) atoms. The van der Waals surface area contributed by atoms with Crippen molar-refractivity contribution in [2.45, 2.75) is 26.4 Å². The van der Waals surface area contributed by atoms with Gasteiger partial charge in [0.05, 0.1) is 0 Å². The average Bonchev–Trinajstić information content (AvgIpc) is 2.14. The standard InChI is InChI=1S/C13H14O3/c1-10(14)16-12-6-4-11(5-7-12)8-9-13(2,3)15/h4-7,15H,1-3H3. The SMILES string of the molecule is CC(=O)Oc1ccc(C#CC(C)(C)O)cc1. The fourth-order valence-corrected chi connectivity index (χ4v) is 0.997. The van der Waals surface area contributed by atoms with Crippen LogP contribution in [-0.4, -0.2) is 16.7 Å². The summed E-state index contributed by atoms with van der Waals surface area (Å²) in [4.78, 5) is 10.7. The lowest BCUT2D eigenvalue weighted by Crippen LogP contribution is -2.14. The minimum atomic E-state index is -1.01. The van der Waals surface area contributed by atoms with E-state index >= 15 is 0 Å². The lowest BCUT2D eigenvalue weighted by Gasteiger charge is -2.06. The maximum atomic E-state index is 10.7. The average molecular weight is 218 g/mol. The van der Waals surface area contributed by atoms with E-state index in [0.717, 1.165) is 5.56 Å². The zero-order valence-electron chi connectivity index (χ0n) is 9.57. The van der Waals surface area contributed by atoms with E-state index in [2.05, 4.69) is 11.8 Å². The van der Waals surface area contributed by atoms with Crippen LogP contribution in [0.3, 0.4) is 0 Å². The van der Waals surface area contributed by atoms with Crippen LogP contribution in [0.2, 0.25) is 0 Å². The highest BCUT2D eigenvalue weighted by Gasteiger charge is 2.05. The van der Waals surface area contributed by atoms with Gasteiger partial charge < -0.3 is 9.84 Å². The van der Waals surface area contributed by atoms with E-state index < -0.39 is 5.60 Å². The summed E-state index contributed by atoms with van der Waals surface area (Å²) in [6.07, 6.45) is 0. The Kier molecular flexibility index (Phi) is 3.70. The van der Waals surface area contributed by atoms with Gasteiger partial charge in [-0.3, -0.25) is 4.79 Å². The summed E-state index contributed by atoms with van der Waals surface area (Å²) in [5.74, 6) is 5.66. The molecule has 0 unspecified atom stereocenters. The first kappa shape index (κ1) is 12.3. The highest BCUT2D eigenvalue weighted by molar-refractivity contribution is 5.69. The Hall–Kier alpha value is -1.79. The van der Waals surface area contributed by atoms with E-state index in [1.807, 2.05) is 0 Å². The van der Waals surface area contributed by atoms with Crippen LogP contribution < -0.4 is 4.74 Å². The lowest BCUT2D eigenvalue weighted by molar-refractivity contribution is -0.131. The van der Waals surface area contributed by atoms with Crippen LogP contribution >= 0.6 is 0 Å².